The van der Waals surface area contributed by atoms with Gasteiger partial charge in [-0.25, -0.2) is 0 Å². The average Bonchev–Trinajstić information content (AvgIpc) is 2.55. The molecule has 0 radical (unpaired) electrons. The van der Waals surface area contributed by atoms with Crippen LogP contribution in [0.5, 0.6) is 0 Å². The number of fused-ring (bicyclic) bond motifs is 1. The number of rotatable bonds is 5. The predicted octanol–water partition coefficient (Wildman–Crippen LogP) is 5.02. The fourth-order valence-corrected chi connectivity index (χ4v) is 2.59. The molecule has 22 heavy (non-hydrogen) atoms. The first-order valence-corrected chi connectivity index (χ1v) is 8.03. The average molecular weight is 291 g/mol. The van der Waals surface area contributed by atoms with Crippen LogP contribution in [0.1, 0.15) is 32.3 Å². The van der Waals surface area contributed by atoms with Crippen LogP contribution in [0.25, 0.3) is 10.8 Å². The van der Waals surface area contributed by atoms with Crippen LogP contribution in [0.3, 0.4) is 0 Å². The van der Waals surface area contributed by atoms with Crippen LogP contribution < -0.4 is 0 Å². The minimum absolute atomic E-state index is 0.915. The van der Waals surface area contributed by atoms with Crippen molar-refractivity contribution in [1.82, 2.24) is 4.90 Å². The van der Waals surface area contributed by atoms with Crippen molar-refractivity contribution in [3.63, 3.8) is 0 Å². The van der Waals surface area contributed by atoms with Crippen molar-refractivity contribution in [3.8, 4) is 11.8 Å². The molecule has 2 aromatic carbocycles. The summed E-state index contributed by atoms with van der Waals surface area (Å²) >= 11 is 0. The second kappa shape index (κ2) is 8.41. The molecule has 0 aliphatic rings. The second-order valence-electron chi connectivity index (χ2n) is 5.60. The van der Waals surface area contributed by atoms with Crippen LogP contribution in [0.4, 0.5) is 0 Å². The van der Waals surface area contributed by atoms with Gasteiger partial charge >= 0.3 is 0 Å². The molecule has 114 valence electrons. The van der Waals surface area contributed by atoms with Crippen molar-refractivity contribution in [3.05, 3.63) is 59.7 Å². The highest BCUT2D eigenvalue weighted by atomic mass is 15.1. The molecule has 0 bridgehead atoms. The van der Waals surface area contributed by atoms with Crippen LogP contribution in [-0.4, -0.2) is 18.5 Å². The molecule has 0 aliphatic heterocycles. The summed E-state index contributed by atoms with van der Waals surface area (Å²) in [6.07, 6.45) is 4.04. The molecule has 0 fully saturated rings. The lowest BCUT2D eigenvalue weighted by Crippen LogP contribution is -2.18. The molecule has 0 saturated heterocycles. The van der Waals surface area contributed by atoms with E-state index in [1.54, 1.807) is 0 Å². The van der Waals surface area contributed by atoms with E-state index in [0.29, 0.717) is 0 Å². The molecule has 0 heterocycles. The van der Waals surface area contributed by atoms with E-state index in [2.05, 4.69) is 86.2 Å². The molecular formula is C21H25N. The fourth-order valence-electron chi connectivity index (χ4n) is 2.59. The SMILES string of the molecule is C/C=C(/C#CCCN(C)Cc1cccc2ccccc12)CC. The Labute approximate surface area is 134 Å². The molecule has 0 aromatic heterocycles. The van der Waals surface area contributed by atoms with Crippen LogP contribution >= 0.6 is 0 Å². The Morgan fingerprint density at radius 1 is 1.14 bits per heavy atom. The lowest BCUT2D eigenvalue weighted by molar-refractivity contribution is 0.336. The molecule has 2 rings (SSSR count). The minimum atomic E-state index is 0.915. The summed E-state index contributed by atoms with van der Waals surface area (Å²) in [5.74, 6) is 6.53. The Morgan fingerprint density at radius 2 is 1.91 bits per heavy atom. The molecule has 0 unspecified atom stereocenters. The second-order valence-corrected chi connectivity index (χ2v) is 5.60. The van der Waals surface area contributed by atoms with Gasteiger partial charge in [-0.05, 0) is 42.3 Å². The highest BCUT2D eigenvalue weighted by molar-refractivity contribution is 5.85. The summed E-state index contributed by atoms with van der Waals surface area (Å²) in [5.41, 5.74) is 2.62. The molecule has 2 aromatic rings. The summed E-state index contributed by atoms with van der Waals surface area (Å²) in [7, 11) is 2.17. The minimum Gasteiger partial charge on any atom is -0.301 e. The summed E-state index contributed by atoms with van der Waals surface area (Å²) in [4.78, 5) is 2.34. The lowest BCUT2D eigenvalue weighted by Gasteiger charge is -2.16. The zero-order valence-corrected chi connectivity index (χ0v) is 13.9. The van der Waals surface area contributed by atoms with Gasteiger partial charge in [0.05, 0.1) is 0 Å². The number of hydrogen-bond donors (Lipinski definition) is 0. The highest BCUT2D eigenvalue weighted by Gasteiger charge is 2.03. The van der Waals surface area contributed by atoms with Gasteiger partial charge in [0.2, 0.25) is 0 Å². The van der Waals surface area contributed by atoms with Crippen LogP contribution in [0.15, 0.2) is 54.1 Å². The zero-order chi connectivity index (χ0) is 15.8. The Kier molecular flexibility index (Phi) is 6.25. The van der Waals surface area contributed by atoms with E-state index < -0.39 is 0 Å². The van der Waals surface area contributed by atoms with Gasteiger partial charge in [-0.2, -0.15) is 0 Å². The number of hydrogen-bond acceptors (Lipinski definition) is 1. The zero-order valence-electron chi connectivity index (χ0n) is 13.9. The first-order chi connectivity index (χ1) is 10.7. The first-order valence-electron chi connectivity index (χ1n) is 8.03. The maximum atomic E-state index is 3.28. The van der Waals surface area contributed by atoms with Gasteiger partial charge in [-0.3, -0.25) is 0 Å². The molecular weight excluding hydrogens is 266 g/mol. The summed E-state index contributed by atoms with van der Waals surface area (Å²) in [5, 5.41) is 2.67. The molecule has 0 spiro atoms. The van der Waals surface area contributed by atoms with Gasteiger partial charge in [0.1, 0.15) is 0 Å². The van der Waals surface area contributed by atoms with E-state index >= 15 is 0 Å². The summed E-state index contributed by atoms with van der Waals surface area (Å²) in [6.45, 7) is 6.17. The molecule has 1 nitrogen and oxygen atoms in total. The van der Waals surface area contributed by atoms with Crippen LogP contribution in [-0.2, 0) is 6.54 Å². The monoisotopic (exact) mass is 291 g/mol. The molecule has 0 atom stereocenters. The predicted molar refractivity (Wildman–Crippen MR) is 96.7 cm³/mol. The maximum absolute atomic E-state index is 3.28. The topological polar surface area (TPSA) is 3.24 Å². The molecule has 1 heteroatoms. The van der Waals surface area contributed by atoms with Crippen molar-refractivity contribution in [2.45, 2.75) is 33.2 Å². The van der Waals surface area contributed by atoms with E-state index in [4.69, 9.17) is 0 Å². The standard InChI is InChI=1S/C21H25N/c1-4-18(5-2)11-8-9-16-22(3)17-20-14-10-13-19-12-6-7-15-21(19)20/h4,6-7,10,12-15H,5,9,16-17H2,1-3H3/b18-4+. The van der Waals surface area contributed by atoms with Gasteiger partial charge < -0.3 is 4.90 Å². The van der Waals surface area contributed by atoms with Crippen LogP contribution in [0, 0.1) is 11.8 Å². The third kappa shape index (κ3) is 4.48. The largest absolute Gasteiger partial charge is 0.301 e. The molecule has 0 aliphatic carbocycles. The van der Waals surface area contributed by atoms with Crippen molar-refractivity contribution in [2.75, 3.05) is 13.6 Å². The van der Waals surface area contributed by atoms with Crippen molar-refractivity contribution in [1.29, 1.82) is 0 Å². The van der Waals surface area contributed by atoms with Crippen molar-refractivity contribution in [2.24, 2.45) is 0 Å². The van der Waals surface area contributed by atoms with E-state index in [1.165, 1.54) is 21.9 Å². The lowest BCUT2D eigenvalue weighted by atomic mass is 10.0. The highest BCUT2D eigenvalue weighted by Crippen LogP contribution is 2.19. The molecule has 0 saturated carbocycles. The Morgan fingerprint density at radius 3 is 2.68 bits per heavy atom. The van der Waals surface area contributed by atoms with Crippen molar-refractivity contribution >= 4 is 10.8 Å². The Hall–Kier alpha value is -2.04. The van der Waals surface area contributed by atoms with Gasteiger partial charge in [0.25, 0.3) is 0 Å². The quantitative estimate of drug-likeness (QED) is 0.699. The van der Waals surface area contributed by atoms with Gasteiger partial charge in [0.15, 0.2) is 0 Å². The van der Waals surface area contributed by atoms with Gasteiger partial charge in [0, 0.05) is 19.5 Å². The Bertz CT molecular complexity index is 695. The molecule has 0 N–H and O–H groups in total. The normalized spacial score (nSPS) is 11.5. The first kappa shape index (κ1) is 16.3. The number of nitrogens with zero attached hydrogens (tertiary/aromatic N) is 1. The third-order valence-electron chi connectivity index (χ3n) is 3.92. The number of allylic oxidation sites excluding steroid dienone is 2. The van der Waals surface area contributed by atoms with Gasteiger partial charge in [-0.15, -0.1) is 0 Å². The maximum Gasteiger partial charge on any atom is 0.0237 e. The fraction of sp³-hybridized carbons (Fsp3) is 0.333. The van der Waals surface area contributed by atoms with Crippen LogP contribution in [0.2, 0.25) is 0 Å². The number of benzene rings is 2. The van der Waals surface area contributed by atoms with E-state index in [-0.39, 0.29) is 0 Å². The summed E-state index contributed by atoms with van der Waals surface area (Å²) < 4.78 is 0. The summed E-state index contributed by atoms with van der Waals surface area (Å²) in [6, 6.07) is 15.1. The smallest absolute Gasteiger partial charge is 0.0237 e. The Balaban J connectivity index is 1.95. The van der Waals surface area contributed by atoms with Gasteiger partial charge in [-0.1, -0.05) is 67.3 Å². The third-order valence-corrected chi connectivity index (χ3v) is 3.92. The molecule has 0 amide bonds. The van der Waals surface area contributed by atoms with E-state index in [1.807, 2.05) is 0 Å². The van der Waals surface area contributed by atoms with E-state index in [0.717, 1.165) is 25.9 Å². The van der Waals surface area contributed by atoms with E-state index in [9.17, 15) is 0 Å². The van der Waals surface area contributed by atoms with Crippen molar-refractivity contribution < 1.29 is 0 Å².